The highest BCUT2D eigenvalue weighted by Crippen LogP contribution is 2.28. The van der Waals surface area contributed by atoms with Crippen molar-refractivity contribution in [1.82, 2.24) is 4.31 Å². The van der Waals surface area contributed by atoms with Crippen LogP contribution in [0.2, 0.25) is 5.02 Å². The molecule has 0 unspecified atom stereocenters. The molecule has 0 aliphatic carbocycles. The van der Waals surface area contributed by atoms with Crippen molar-refractivity contribution in [3.63, 3.8) is 0 Å². The fourth-order valence-corrected chi connectivity index (χ4v) is 5.15. The van der Waals surface area contributed by atoms with Gasteiger partial charge in [-0.1, -0.05) is 24.1 Å². The lowest BCUT2D eigenvalue weighted by molar-refractivity contribution is -0.117. The van der Waals surface area contributed by atoms with Crippen molar-refractivity contribution >= 4 is 33.2 Å². The maximum atomic E-state index is 13.7. The summed E-state index contributed by atoms with van der Waals surface area (Å²) in [5.74, 6) is -0.742. The Balaban J connectivity index is 1.74. The molecular weight excluding hydrogens is 403 g/mol. The summed E-state index contributed by atoms with van der Waals surface area (Å²) in [6, 6.07) is 10.0. The molecule has 150 valence electrons. The van der Waals surface area contributed by atoms with E-state index < -0.39 is 21.9 Å². The second-order valence-corrected chi connectivity index (χ2v) is 9.26. The van der Waals surface area contributed by atoms with Crippen LogP contribution < -0.4 is 5.32 Å². The zero-order chi connectivity index (χ0) is 20.3. The minimum atomic E-state index is -3.72. The van der Waals surface area contributed by atoms with E-state index in [2.05, 4.69) is 5.32 Å². The molecule has 1 fully saturated rings. The number of anilines is 1. The molecule has 0 aromatic heterocycles. The number of rotatable bonds is 5. The fourth-order valence-electron chi connectivity index (χ4n) is 3.33. The Morgan fingerprint density at radius 3 is 2.61 bits per heavy atom. The largest absolute Gasteiger partial charge is 0.326 e. The lowest BCUT2D eigenvalue weighted by Gasteiger charge is -2.34. The molecule has 1 heterocycles. The van der Waals surface area contributed by atoms with Crippen molar-refractivity contribution in [1.29, 1.82) is 0 Å². The van der Waals surface area contributed by atoms with Crippen LogP contribution in [0, 0.1) is 12.7 Å². The third-order valence-corrected chi connectivity index (χ3v) is 7.09. The molecule has 2 aromatic rings. The van der Waals surface area contributed by atoms with Crippen molar-refractivity contribution in [3.05, 3.63) is 58.9 Å². The lowest BCUT2D eigenvalue weighted by Crippen LogP contribution is -2.45. The first-order valence-electron chi connectivity index (χ1n) is 9.11. The molecule has 1 saturated heterocycles. The van der Waals surface area contributed by atoms with Gasteiger partial charge in [0.1, 0.15) is 5.82 Å². The van der Waals surface area contributed by atoms with Gasteiger partial charge in [-0.3, -0.25) is 4.79 Å². The van der Waals surface area contributed by atoms with Gasteiger partial charge >= 0.3 is 0 Å². The maximum absolute atomic E-state index is 13.7. The predicted molar refractivity (Wildman–Crippen MR) is 107 cm³/mol. The van der Waals surface area contributed by atoms with Crippen molar-refractivity contribution in [2.24, 2.45) is 0 Å². The Morgan fingerprint density at radius 1 is 1.21 bits per heavy atom. The summed E-state index contributed by atoms with van der Waals surface area (Å²) in [5, 5.41) is 3.12. The van der Waals surface area contributed by atoms with Gasteiger partial charge in [0.15, 0.2) is 0 Å². The number of carbonyl (C=O) groups excluding carboxylic acids is 1. The van der Waals surface area contributed by atoms with Crippen molar-refractivity contribution < 1.29 is 17.6 Å². The molecule has 1 N–H and O–H groups in total. The van der Waals surface area contributed by atoms with Gasteiger partial charge in [0.05, 0.1) is 4.90 Å². The predicted octanol–water partition coefficient (Wildman–Crippen LogP) is 4.36. The summed E-state index contributed by atoms with van der Waals surface area (Å²) >= 11 is 5.85. The molecule has 8 heteroatoms. The Labute approximate surface area is 169 Å². The van der Waals surface area contributed by atoms with Crippen LogP contribution in [-0.2, 0) is 14.8 Å². The molecule has 1 amide bonds. The van der Waals surface area contributed by atoms with Crippen molar-refractivity contribution in [3.8, 4) is 0 Å². The first-order chi connectivity index (χ1) is 13.3. The minimum absolute atomic E-state index is 0.0162. The van der Waals surface area contributed by atoms with E-state index in [9.17, 15) is 17.6 Å². The highest BCUT2D eigenvalue weighted by molar-refractivity contribution is 7.89. The maximum Gasteiger partial charge on any atom is 0.243 e. The van der Waals surface area contributed by atoms with Gasteiger partial charge in [-0.15, -0.1) is 0 Å². The number of sulfonamides is 1. The topological polar surface area (TPSA) is 66.5 Å². The number of carbonyl (C=O) groups is 1. The molecule has 0 bridgehead atoms. The summed E-state index contributed by atoms with van der Waals surface area (Å²) in [6.07, 6.45) is 2.21. The van der Waals surface area contributed by atoms with E-state index in [4.69, 9.17) is 11.6 Å². The Kier molecular flexibility index (Phi) is 6.37. The minimum Gasteiger partial charge on any atom is -0.326 e. The first kappa shape index (κ1) is 20.8. The van der Waals surface area contributed by atoms with Gasteiger partial charge < -0.3 is 5.32 Å². The quantitative estimate of drug-likeness (QED) is 0.775. The number of hydrogen-bond acceptors (Lipinski definition) is 3. The number of hydrogen-bond donors (Lipinski definition) is 1. The SMILES string of the molecule is Cc1ccc(NC(=O)C[C@H]2CCCCN2S(=O)(=O)c2ccc(Cl)cc2)cc1F. The van der Waals surface area contributed by atoms with E-state index in [1.54, 1.807) is 19.1 Å². The monoisotopic (exact) mass is 424 g/mol. The molecule has 0 saturated carbocycles. The van der Waals surface area contributed by atoms with Crippen LogP contribution in [0.3, 0.4) is 0 Å². The zero-order valence-electron chi connectivity index (χ0n) is 15.5. The standard InChI is InChI=1S/C20H22ClFN2O3S/c1-14-5-8-16(12-19(14)22)23-20(25)13-17-4-2-3-11-24(17)28(26,27)18-9-6-15(21)7-10-18/h5-10,12,17H,2-4,11,13H2,1H3,(H,23,25)/t17-/m1/s1. The van der Waals surface area contributed by atoms with Gasteiger partial charge in [-0.25, -0.2) is 12.8 Å². The van der Waals surface area contributed by atoms with E-state index in [1.807, 2.05) is 0 Å². The third-order valence-electron chi connectivity index (χ3n) is 4.87. The summed E-state index contributed by atoms with van der Waals surface area (Å²) in [6.45, 7) is 2.00. The molecule has 2 aromatic carbocycles. The molecule has 1 atom stereocenters. The summed E-state index contributed by atoms with van der Waals surface area (Å²) < 4.78 is 41.1. The van der Waals surface area contributed by atoms with E-state index in [-0.39, 0.29) is 17.2 Å². The summed E-state index contributed by atoms with van der Waals surface area (Å²) in [7, 11) is -3.72. The van der Waals surface area contributed by atoms with Crippen LogP contribution in [0.25, 0.3) is 0 Å². The number of aryl methyl sites for hydroxylation is 1. The average molecular weight is 425 g/mol. The number of piperidine rings is 1. The van der Waals surface area contributed by atoms with E-state index in [0.29, 0.717) is 29.2 Å². The molecule has 0 radical (unpaired) electrons. The average Bonchev–Trinajstić information content (AvgIpc) is 2.65. The molecular formula is C20H22ClFN2O3S. The summed E-state index contributed by atoms with van der Waals surface area (Å²) in [4.78, 5) is 12.6. The highest BCUT2D eigenvalue weighted by atomic mass is 35.5. The first-order valence-corrected chi connectivity index (χ1v) is 10.9. The van der Waals surface area contributed by atoms with E-state index in [0.717, 1.165) is 12.8 Å². The molecule has 0 spiro atoms. The van der Waals surface area contributed by atoms with Crippen LogP contribution >= 0.6 is 11.6 Å². The summed E-state index contributed by atoms with van der Waals surface area (Å²) in [5.41, 5.74) is 0.849. The Hall–Kier alpha value is -1.96. The van der Waals surface area contributed by atoms with Gasteiger partial charge in [0.25, 0.3) is 0 Å². The van der Waals surface area contributed by atoms with Crippen molar-refractivity contribution in [2.75, 3.05) is 11.9 Å². The second kappa shape index (κ2) is 8.59. The highest BCUT2D eigenvalue weighted by Gasteiger charge is 2.34. The van der Waals surface area contributed by atoms with Crippen LogP contribution in [0.15, 0.2) is 47.4 Å². The van der Waals surface area contributed by atoms with Gasteiger partial charge in [0.2, 0.25) is 15.9 Å². The van der Waals surface area contributed by atoms with Crippen LogP contribution in [0.5, 0.6) is 0 Å². The van der Waals surface area contributed by atoms with Crippen LogP contribution in [-0.4, -0.2) is 31.2 Å². The van der Waals surface area contributed by atoms with Gasteiger partial charge in [-0.05, 0) is 61.7 Å². The van der Waals surface area contributed by atoms with Crippen LogP contribution in [0.1, 0.15) is 31.2 Å². The number of halogens is 2. The van der Waals surface area contributed by atoms with E-state index in [1.165, 1.54) is 34.6 Å². The van der Waals surface area contributed by atoms with Crippen LogP contribution in [0.4, 0.5) is 10.1 Å². The number of benzene rings is 2. The van der Waals surface area contributed by atoms with E-state index >= 15 is 0 Å². The molecule has 1 aliphatic rings. The number of nitrogens with one attached hydrogen (secondary N) is 1. The van der Waals surface area contributed by atoms with Gasteiger partial charge in [0, 0.05) is 29.7 Å². The molecule has 3 rings (SSSR count). The smallest absolute Gasteiger partial charge is 0.243 e. The normalized spacial score (nSPS) is 18.0. The second-order valence-electron chi connectivity index (χ2n) is 6.94. The lowest BCUT2D eigenvalue weighted by atomic mass is 10.0. The number of amides is 1. The molecule has 28 heavy (non-hydrogen) atoms. The Morgan fingerprint density at radius 2 is 1.93 bits per heavy atom. The Bertz CT molecular complexity index is 964. The number of nitrogens with zero attached hydrogens (tertiary/aromatic N) is 1. The molecule has 5 nitrogen and oxygen atoms in total. The van der Waals surface area contributed by atoms with Gasteiger partial charge in [-0.2, -0.15) is 4.31 Å². The van der Waals surface area contributed by atoms with Crippen molar-refractivity contribution in [2.45, 2.75) is 43.5 Å². The third kappa shape index (κ3) is 4.71. The zero-order valence-corrected chi connectivity index (χ0v) is 17.1. The fraction of sp³-hybridized carbons (Fsp3) is 0.350. The molecule has 1 aliphatic heterocycles.